The average molecular weight is 463 g/mol. The minimum atomic E-state index is -0.744. The Labute approximate surface area is 201 Å². The topological polar surface area (TPSA) is 99.3 Å². The number of fused-ring (bicyclic) bond motifs is 1. The van der Waals surface area contributed by atoms with Crippen molar-refractivity contribution < 1.29 is 14.4 Å². The van der Waals surface area contributed by atoms with Crippen LogP contribution in [-0.2, 0) is 20.8 Å². The molecule has 0 saturated heterocycles. The third-order valence-electron chi connectivity index (χ3n) is 5.77. The summed E-state index contributed by atoms with van der Waals surface area (Å²) in [6.07, 6.45) is 2.67. The van der Waals surface area contributed by atoms with Crippen LogP contribution < -0.4 is 21.3 Å². The molecule has 0 unspecified atom stereocenters. The highest BCUT2D eigenvalue weighted by Gasteiger charge is 2.20. The minimum absolute atomic E-state index is 0.0386. The summed E-state index contributed by atoms with van der Waals surface area (Å²) < 4.78 is 0. The number of anilines is 1. The van der Waals surface area contributed by atoms with Crippen molar-refractivity contribution in [2.45, 2.75) is 60.0 Å². The van der Waals surface area contributed by atoms with E-state index in [-0.39, 0.29) is 23.6 Å². The molecule has 180 valence electrons. The monoisotopic (exact) mass is 462 g/mol. The van der Waals surface area contributed by atoms with E-state index in [2.05, 4.69) is 45.5 Å². The Kier molecular flexibility index (Phi) is 7.76. The Hall–Kier alpha value is -3.61. The van der Waals surface area contributed by atoms with Crippen LogP contribution in [0.25, 0.3) is 17.2 Å². The van der Waals surface area contributed by atoms with Gasteiger partial charge in [0.25, 0.3) is 5.91 Å². The predicted molar refractivity (Wildman–Crippen MR) is 136 cm³/mol. The molecule has 0 spiro atoms. The SMILES string of the molecule is CC(=O)N/C(=C\c1cc(C)c(-c2ccc3c(c2)CCN3)cc1C)C(=O)N[C@H](C)C(=O)NC(C)C. The van der Waals surface area contributed by atoms with Crippen LogP contribution >= 0.6 is 0 Å². The second kappa shape index (κ2) is 10.5. The highest BCUT2D eigenvalue weighted by Crippen LogP contribution is 2.32. The second-order valence-corrected chi connectivity index (χ2v) is 9.17. The van der Waals surface area contributed by atoms with Crippen molar-refractivity contribution in [2.24, 2.45) is 0 Å². The Balaban J connectivity index is 1.89. The zero-order valence-electron chi connectivity index (χ0n) is 20.8. The van der Waals surface area contributed by atoms with Crippen LogP contribution in [0, 0.1) is 13.8 Å². The van der Waals surface area contributed by atoms with Crippen molar-refractivity contribution in [1.82, 2.24) is 16.0 Å². The van der Waals surface area contributed by atoms with E-state index >= 15 is 0 Å². The molecule has 1 atom stereocenters. The molecule has 1 aliphatic heterocycles. The van der Waals surface area contributed by atoms with Gasteiger partial charge in [0.1, 0.15) is 11.7 Å². The number of nitrogens with one attached hydrogen (secondary N) is 4. The zero-order chi connectivity index (χ0) is 25.0. The number of benzene rings is 2. The molecule has 2 aromatic rings. The molecule has 3 amide bonds. The molecule has 1 aliphatic rings. The lowest BCUT2D eigenvalue weighted by Crippen LogP contribution is -2.48. The van der Waals surface area contributed by atoms with Gasteiger partial charge in [0.2, 0.25) is 11.8 Å². The smallest absolute Gasteiger partial charge is 0.268 e. The predicted octanol–water partition coefficient (Wildman–Crippen LogP) is 3.44. The van der Waals surface area contributed by atoms with Crippen molar-refractivity contribution >= 4 is 29.5 Å². The highest BCUT2D eigenvalue weighted by atomic mass is 16.2. The molecule has 2 aromatic carbocycles. The minimum Gasteiger partial charge on any atom is -0.384 e. The van der Waals surface area contributed by atoms with E-state index in [1.165, 1.54) is 18.2 Å². The van der Waals surface area contributed by atoms with E-state index in [1.807, 2.05) is 33.8 Å². The van der Waals surface area contributed by atoms with Gasteiger partial charge in [-0.1, -0.05) is 18.2 Å². The largest absolute Gasteiger partial charge is 0.384 e. The van der Waals surface area contributed by atoms with E-state index < -0.39 is 11.9 Å². The van der Waals surface area contributed by atoms with Crippen molar-refractivity contribution in [3.63, 3.8) is 0 Å². The summed E-state index contributed by atoms with van der Waals surface area (Å²) in [5.74, 6) is -1.17. The number of hydrogen-bond acceptors (Lipinski definition) is 4. The van der Waals surface area contributed by atoms with E-state index in [0.29, 0.717) is 0 Å². The fourth-order valence-electron chi connectivity index (χ4n) is 4.03. The second-order valence-electron chi connectivity index (χ2n) is 9.17. The van der Waals surface area contributed by atoms with E-state index in [9.17, 15) is 14.4 Å². The fraction of sp³-hybridized carbons (Fsp3) is 0.370. The van der Waals surface area contributed by atoms with Gasteiger partial charge in [0.15, 0.2) is 0 Å². The third kappa shape index (κ3) is 6.04. The maximum atomic E-state index is 12.9. The van der Waals surface area contributed by atoms with Crippen LogP contribution in [0.5, 0.6) is 0 Å². The van der Waals surface area contributed by atoms with Crippen molar-refractivity contribution in [2.75, 3.05) is 11.9 Å². The Morgan fingerprint density at radius 1 is 1.00 bits per heavy atom. The molecule has 3 rings (SSSR count). The van der Waals surface area contributed by atoms with Crippen LogP contribution in [0.1, 0.15) is 49.9 Å². The number of carbonyl (C=O) groups excluding carboxylic acids is 3. The summed E-state index contributed by atoms with van der Waals surface area (Å²) in [6, 6.07) is 9.80. The summed E-state index contributed by atoms with van der Waals surface area (Å²) >= 11 is 0. The molecular formula is C27H34N4O3. The Morgan fingerprint density at radius 2 is 1.74 bits per heavy atom. The van der Waals surface area contributed by atoms with Crippen LogP contribution in [-0.4, -0.2) is 36.3 Å². The quantitative estimate of drug-likeness (QED) is 0.474. The van der Waals surface area contributed by atoms with Gasteiger partial charge in [0, 0.05) is 25.2 Å². The first-order chi connectivity index (χ1) is 16.0. The van der Waals surface area contributed by atoms with Gasteiger partial charge in [-0.3, -0.25) is 14.4 Å². The van der Waals surface area contributed by atoms with Gasteiger partial charge < -0.3 is 21.3 Å². The molecule has 0 aliphatic carbocycles. The fourth-order valence-corrected chi connectivity index (χ4v) is 4.03. The Bertz CT molecular complexity index is 1150. The van der Waals surface area contributed by atoms with Gasteiger partial charge in [-0.05, 0) is 92.6 Å². The van der Waals surface area contributed by atoms with Gasteiger partial charge in [-0.25, -0.2) is 0 Å². The molecule has 7 heteroatoms. The first-order valence-electron chi connectivity index (χ1n) is 11.6. The van der Waals surface area contributed by atoms with Gasteiger partial charge >= 0.3 is 0 Å². The van der Waals surface area contributed by atoms with Gasteiger partial charge in [-0.15, -0.1) is 0 Å². The standard InChI is InChI=1S/C27H34N4O3/c1-15(2)29-26(33)18(5)30-27(34)25(31-19(6)32)14-22-11-17(4)23(12-16(22)3)20-7-8-24-21(13-20)9-10-28-24/h7-8,11-15,18,28H,9-10H2,1-6H3,(H,29,33)(H,30,34)(H,31,32)/b25-14-/t18-/m1/s1. The Morgan fingerprint density at radius 3 is 2.41 bits per heavy atom. The number of hydrogen-bond donors (Lipinski definition) is 4. The lowest BCUT2D eigenvalue weighted by Gasteiger charge is -2.18. The maximum absolute atomic E-state index is 12.9. The van der Waals surface area contributed by atoms with Crippen molar-refractivity contribution in [1.29, 1.82) is 0 Å². The average Bonchev–Trinajstić information content (AvgIpc) is 3.22. The third-order valence-corrected chi connectivity index (χ3v) is 5.77. The van der Waals surface area contributed by atoms with Gasteiger partial charge in [0.05, 0.1) is 0 Å². The summed E-state index contributed by atoms with van der Waals surface area (Å²) in [5.41, 5.74) is 7.75. The molecule has 1 heterocycles. The number of amides is 3. The lowest BCUT2D eigenvalue weighted by molar-refractivity contribution is -0.127. The molecule has 4 N–H and O–H groups in total. The lowest BCUT2D eigenvalue weighted by atomic mass is 9.93. The zero-order valence-corrected chi connectivity index (χ0v) is 20.8. The van der Waals surface area contributed by atoms with E-state index in [1.54, 1.807) is 13.0 Å². The molecule has 7 nitrogen and oxygen atoms in total. The van der Waals surface area contributed by atoms with Crippen molar-refractivity contribution in [3.05, 3.63) is 58.3 Å². The van der Waals surface area contributed by atoms with Crippen molar-refractivity contribution in [3.8, 4) is 11.1 Å². The highest BCUT2D eigenvalue weighted by molar-refractivity contribution is 6.03. The summed E-state index contributed by atoms with van der Waals surface area (Å²) in [7, 11) is 0. The molecule has 0 radical (unpaired) electrons. The van der Waals surface area contributed by atoms with Crippen LogP contribution in [0.15, 0.2) is 36.0 Å². The van der Waals surface area contributed by atoms with E-state index in [0.717, 1.165) is 40.8 Å². The van der Waals surface area contributed by atoms with Crippen LogP contribution in [0.4, 0.5) is 5.69 Å². The molecule has 0 bridgehead atoms. The first-order valence-corrected chi connectivity index (χ1v) is 11.6. The summed E-state index contributed by atoms with van der Waals surface area (Å²) in [4.78, 5) is 36.9. The van der Waals surface area contributed by atoms with E-state index in [4.69, 9.17) is 0 Å². The van der Waals surface area contributed by atoms with Gasteiger partial charge in [-0.2, -0.15) is 0 Å². The normalized spacial score (nSPS) is 13.7. The van der Waals surface area contributed by atoms with Crippen LogP contribution in [0.3, 0.4) is 0 Å². The number of rotatable bonds is 7. The molecule has 0 aromatic heterocycles. The molecular weight excluding hydrogens is 428 g/mol. The summed E-state index contributed by atoms with van der Waals surface area (Å²) in [6.45, 7) is 11.6. The first kappa shape index (κ1) is 25.0. The molecule has 34 heavy (non-hydrogen) atoms. The number of aryl methyl sites for hydroxylation is 2. The van der Waals surface area contributed by atoms with Crippen LogP contribution in [0.2, 0.25) is 0 Å². The maximum Gasteiger partial charge on any atom is 0.268 e. The molecule has 0 saturated carbocycles. The molecule has 0 fully saturated rings. The summed E-state index contributed by atoms with van der Waals surface area (Å²) in [5, 5.41) is 11.4. The number of carbonyl (C=O) groups is 3.